The monoisotopic (exact) mass is 429 g/mol. The van der Waals surface area contributed by atoms with Gasteiger partial charge in [-0.1, -0.05) is 56.3 Å². The van der Waals surface area contributed by atoms with E-state index in [4.69, 9.17) is 9.47 Å². The van der Waals surface area contributed by atoms with Crippen molar-refractivity contribution >= 4 is 11.6 Å². The normalized spacial score (nSPS) is 11.6. The molecule has 0 amide bonds. The van der Waals surface area contributed by atoms with Gasteiger partial charge in [0.15, 0.2) is 0 Å². The number of ether oxygens (including phenoxy) is 2. The molecule has 0 N–H and O–H groups in total. The Kier molecular flexibility index (Phi) is 8.52. The summed E-state index contributed by atoms with van der Waals surface area (Å²) in [5.41, 5.74) is 7.04. The number of aryl methyl sites for hydroxylation is 2. The van der Waals surface area contributed by atoms with Crippen LogP contribution in [0.2, 0.25) is 0 Å². The summed E-state index contributed by atoms with van der Waals surface area (Å²) in [5.74, 6) is 1.86. The van der Waals surface area contributed by atoms with Gasteiger partial charge in [0.25, 0.3) is 0 Å². The van der Waals surface area contributed by atoms with Crippen molar-refractivity contribution in [2.45, 2.75) is 27.7 Å². The Morgan fingerprint density at radius 3 is 2.03 bits per heavy atom. The number of rotatable bonds is 10. The first kappa shape index (κ1) is 23.6. The van der Waals surface area contributed by atoms with Gasteiger partial charge in [0.2, 0.25) is 0 Å². The summed E-state index contributed by atoms with van der Waals surface area (Å²) in [5, 5.41) is 0. The molecule has 0 radical (unpaired) electrons. The van der Waals surface area contributed by atoms with Gasteiger partial charge in [-0.2, -0.15) is 0 Å². The van der Waals surface area contributed by atoms with E-state index in [-0.39, 0.29) is 0 Å². The average molecular weight is 430 g/mol. The predicted molar refractivity (Wildman–Crippen MR) is 136 cm³/mol. The smallest absolute Gasteiger partial charge is 0.125 e. The fourth-order valence-electron chi connectivity index (χ4n) is 3.97. The van der Waals surface area contributed by atoms with Gasteiger partial charge in [0.05, 0.1) is 7.11 Å². The van der Waals surface area contributed by atoms with Crippen LogP contribution in [0, 0.1) is 13.8 Å². The van der Waals surface area contributed by atoms with E-state index in [0.717, 1.165) is 47.8 Å². The highest BCUT2D eigenvalue weighted by molar-refractivity contribution is 5.92. The third kappa shape index (κ3) is 6.02. The molecule has 0 spiro atoms. The summed E-state index contributed by atoms with van der Waals surface area (Å²) >= 11 is 0. The van der Waals surface area contributed by atoms with E-state index in [1.807, 2.05) is 12.1 Å². The second-order valence-corrected chi connectivity index (χ2v) is 8.01. The van der Waals surface area contributed by atoms with Crippen LogP contribution in [0.5, 0.6) is 11.5 Å². The van der Waals surface area contributed by atoms with E-state index in [2.05, 4.69) is 93.3 Å². The molecule has 0 aliphatic carbocycles. The molecule has 3 rings (SSSR count). The molecule has 0 atom stereocenters. The van der Waals surface area contributed by atoms with E-state index >= 15 is 0 Å². The van der Waals surface area contributed by atoms with Crippen molar-refractivity contribution in [3.63, 3.8) is 0 Å². The Morgan fingerprint density at radius 1 is 0.844 bits per heavy atom. The summed E-state index contributed by atoms with van der Waals surface area (Å²) in [6, 6.07) is 23.2. The molecular formula is C29H35NO2. The second-order valence-electron chi connectivity index (χ2n) is 8.01. The van der Waals surface area contributed by atoms with Gasteiger partial charge in [0, 0.05) is 6.54 Å². The highest BCUT2D eigenvalue weighted by atomic mass is 16.5. The van der Waals surface area contributed by atoms with Gasteiger partial charge in [0.1, 0.15) is 18.1 Å². The van der Waals surface area contributed by atoms with E-state index in [0.29, 0.717) is 6.61 Å². The van der Waals surface area contributed by atoms with Crippen LogP contribution in [0.15, 0.2) is 66.7 Å². The van der Waals surface area contributed by atoms with Crippen molar-refractivity contribution in [3.05, 3.63) is 94.5 Å². The number of methoxy groups -OCH3 is 1. The maximum Gasteiger partial charge on any atom is 0.125 e. The predicted octanol–water partition coefficient (Wildman–Crippen LogP) is 6.62. The van der Waals surface area contributed by atoms with Gasteiger partial charge in [-0.15, -0.1) is 0 Å². The lowest BCUT2D eigenvalue weighted by atomic mass is 9.93. The first-order valence-electron chi connectivity index (χ1n) is 11.4. The maximum atomic E-state index is 6.21. The Morgan fingerprint density at radius 2 is 1.47 bits per heavy atom. The van der Waals surface area contributed by atoms with Crippen LogP contribution in [-0.2, 0) is 0 Å². The summed E-state index contributed by atoms with van der Waals surface area (Å²) in [6.07, 6.45) is 2.24. The largest absolute Gasteiger partial charge is 0.497 e. The minimum atomic E-state index is 0.704. The molecule has 3 aromatic carbocycles. The quantitative estimate of drug-likeness (QED) is 0.338. The van der Waals surface area contributed by atoms with Gasteiger partial charge in [-0.25, -0.2) is 0 Å². The third-order valence-electron chi connectivity index (χ3n) is 5.83. The molecule has 0 bridgehead atoms. The zero-order chi connectivity index (χ0) is 22.9. The zero-order valence-corrected chi connectivity index (χ0v) is 20.0. The van der Waals surface area contributed by atoms with Crippen LogP contribution in [0.1, 0.15) is 41.7 Å². The van der Waals surface area contributed by atoms with Crippen LogP contribution in [-0.4, -0.2) is 38.3 Å². The lowest BCUT2D eigenvalue weighted by Crippen LogP contribution is -2.28. The molecule has 0 aliphatic heterocycles. The molecule has 3 aromatic rings. The first-order chi connectivity index (χ1) is 15.5. The number of likely N-dealkylation sites (N-methyl/N-ethyl adjacent to an activating group) is 1. The highest BCUT2D eigenvalue weighted by Gasteiger charge is 2.12. The molecule has 168 valence electrons. The molecule has 0 saturated heterocycles. The van der Waals surface area contributed by atoms with Gasteiger partial charge < -0.3 is 14.4 Å². The van der Waals surface area contributed by atoms with Crippen LogP contribution in [0.4, 0.5) is 0 Å². The van der Waals surface area contributed by atoms with Gasteiger partial charge in [-0.05, 0) is 90.7 Å². The van der Waals surface area contributed by atoms with Crippen molar-refractivity contribution < 1.29 is 9.47 Å². The number of hydrogen-bond donors (Lipinski definition) is 0. The topological polar surface area (TPSA) is 21.7 Å². The fourth-order valence-corrected chi connectivity index (χ4v) is 3.97. The minimum absolute atomic E-state index is 0.704. The van der Waals surface area contributed by atoms with Crippen LogP contribution >= 0.6 is 0 Å². The molecule has 3 nitrogen and oxygen atoms in total. The highest BCUT2D eigenvalue weighted by Crippen LogP contribution is 2.32. The summed E-state index contributed by atoms with van der Waals surface area (Å²) in [7, 11) is 1.69. The number of nitrogens with zero attached hydrogens (tertiary/aromatic N) is 1. The first-order valence-corrected chi connectivity index (χ1v) is 11.4. The van der Waals surface area contributed by atoms with Crippen LogP contribution in [0.25, 0.3) is 11.6 Å². The van der Waals surface area contributed by atoms with Crippen LogP contribution < -0.4 is 9.47 Å². The molecule has 0 aromatic heterocycles. The maximum absolute atomic E-state index is 6.21. The summed E-state index contributed by atoms with van der Waals surface area (Å²) < 4.78 is 11.5. The van der Waals surface area contributed by atoms with Crippen molar-refractivity contribution in [2.24, 2.45) is 0 Å². The van der Waals surface area contributed by atoms with E-state index in [1.165, 1.54) is 16.7 Å². The van der Waals surface area contributed by atoms with Crippen molar-refractivity contribution in [3.8, 4) is 11.5 Å². The van der Waals surface area contributed by atoms with E-state index in [1.54, 1.807) is 7.11 Å². The molecule has 3 heteroatoms. The minimum Gasteiger partial charge on any atom is -0.497 e. The van der Waals surface area contributed by atoms with Crippen LogP contribution in [0.3, 0.4) is 0 Å². The Bertz CT molecular complexity index is 996. The van der Waals surface area contributed by atoms with E-state index < -0.39 is 0 Å². The Hall–Kier alpha value is -3.04. The summed E-state index contributed by atoms with van der Waals surface area (Å²) in [4.78, 5) is 2.38. The molecule has 0 fully saturated rings. The molecule has 0 unspecified atom stereocenters. The third-order valence-corrected chi connectivity index (χ3v) is 5.83. The number of hydrogen-bond acceptors (Lipinski definition) is 3. The lowest BCUT2D eigenvalue weighted by molar-refractivity contribution is 0.221. The van der Waals surface area contributed by atoms with Gasteiger partial charge in [-0.3, -0.25) is 0 Å². The molecule has 0 heterocycles. The average Bonchev–Trinajstić information content (AvgIpc) is 2.82. The zero-order valence-electron chi connectivity index (χ0n) is 20.0. The van der Waals surface area contributed by atoms with Crippen molar-refractivity contribution in [1.82, 2.24) is 4.90 Å². The van der Waals surface area contributed by atoms with Gasteiger partial charge >= 0.3 is 0 Å². The van der Waals surface area contributed by atoms with Crippen molar-refractivity contribution in [1.29, 1.82) is 0 Å². The Balaban J connectivity index is 1.93. The summed E-state index contributed by atoms with van der Waals surface area (Å²) in [6.45, 7) is 12.4. The fraction of sp³-hybridized carbons (Fsp3) is 0.310. The molecule has 0 aliphatic rings. The molecule has 0 saturated carbocycles. The number of benzene rings is 3. The Labute approximate surface area is 193 Å². The molecule has 32 heavy (non-hydrogen) atoms. The second kappa shape index (κ2) is 11.5. The van der Waals surface area contributed by atoms with Crippen molar-refractivity contribution in [2.75, 3.05) is 33.4 Å². The van der Waals surface area contributed by atoms with E-state index in [9.17, 15) is 0 Å². The standard InChI is InChI=1S/C29H35NO2/c1-6-30(7-2)17-18-32-29-22(3)19-26(20-23(29)4)28(25-11-9-8-10-12-25)21-24-13-15-27(31-5)16-14-24/h8-16,19-21H,6-7,17-18H2,1-5H3/b28-21+. The SMILES string of the molecule is CCN(CC)CCOc1c(C)cc(/C(=C/c2ccc(OC)cc2)c2ccccc2)cc1C. The molecular weight excluding hydrogens is 394 g/mol. The lowest BCUT2D eigenvalue weighted by Gasteiger charge is -2.20.